The van der Waals surface area contributed by atoms with Crippen LogP contribution in [0.3, 0.4) is 0 Å². The van der Waals surface area contributed by atoms with Crippen LogP contribution in [0.4, 0.5) is 0 Å². The molecule has 0 aromatic heterocycles. The van der Waals surface area contributed by atoms with E-state index in [1.54, 1.807) is 18.2 Å². The van der Waals surface area contributed by atoms with E-state index < -0.39 is 14.8 Å². The molecule has 0 aliphatic carbocycles. The average Bonchev–Trinajstić information content (AvgIpc) is 2.18. The minimum absolute atomic E-state index is 0.154. The first-order valence-corrected chi connectivity index (χ1v) is 6.63. The summed E-state index contributed by atoms with van der Waals surface area (Å²) in [5, 5.41) is 0. The smallest absolute Gasteiger partial charge is 0.220 e. The van der Waals surface area contributed by atoms with E-state index in [1.165, 1.54) is 0 Å². The van der Waals surface area contributed by atoms with Crippen LogP contribution in [0.25, 0.3) is 0 Å². The minimum Gasteiger partial charge on any atom is -0.329 e. The highest BCUT2D eigenvalue weighted by atomic mass is 32.2. The fourth-order valence-corrected chi connectivity index (χ4v) is 3.04. The van der Waals surface area contributed by atoms with Crippen LogP contribution in [0.15, 0.2) is 0 Å². The zero-order chi connectivity index (χ0) is 11.7. The predicted molar refractivity (Wildman–Crippen MR) is 61.1 cm³/mol. The van der Waals surface area contributed by atoms with E-state index in [1.807, 2.05) is 7.05 Å². The maximum absolute atomic E-state index is 12.2. The fraction of sp³-hybridized carbons (Fsp3) is 1.00. The second-order valence-electron chi connectivity index (χ2n) is 4.67. The number of nitrogens with zero attached hydrogens (tertiary/aromatic N) is 2. The zero-order valence-electron chi connectivity index (χ0n) is 9.73. The summed E-state index contributed by atoms with van der Waals surface area (Å²) in [5.74, 6) is 0. The molecule has 0 saturated carbocycles. The molecule has 0 radical (unpaired) electrons. The molecule has 1 aliphatic heterocycles. The first-order chi connectivity index (χ1) is 6.81. The van der Waals surface area contributed by atoms with Gasteiger partial charge in [0.05, 0.1) is 4.75 Å². The molecule has 1 heterocycles. The summed E-state index contributed by atoms with van der Waals surface area (Å²) < 4.78 is 25.0. The minimum atomic E-state index is -3.25. The molecule has 0 aromatic rings. The Balaban J connectivity index is 2.79. The van der Waals surface area contributed by atoms with Crippen molar-refractivity contribution in [2.45, 2.75) is 18.6 Å². The lowest BCUT2D eigenvalue weighted by Gasteiger charge is -2.36. The van der Waals surface area contributed by atoms with Gasteiger partial charge in [-0.05, 0) is 20.9 Å². The number of piperazine rings is 1. The molecule has 2 N–H and O–H groups in total. The normalized spacial score (nSPS) is 21.9. The summed E-state index contributed by atoms with van der Waals surface area (Å²) in [5.41, 5.74) is 5.51. The van der Waals surface area contributed by atoms with Gasteiger partial charge in [0.1, 0.15) is 0 Å². The largest absolute Gasteiger partial charge is 0.329 e. The van der Waals surface area contributed by atoms with E-state index >= 15 is 0 Å². The standard InChI is InChI=1S/C9H21N3O2S/c1-9(2,8-10)15(13,14)12-6-4-11(3)5-7-12/h4-8,10H2,1-3H3. The lowest BCUT2D eigenvalue weighted by Crippen LogP contribution is -2.54. The van der Waals surface area contributed by atoms with Gasteiger partial charge in [-0.25, -0.2) is 8.42 Å². The van der Waals surface area contributed by atoms with Crippen molar-refractivity contribution in [3.63, 3.8) is 0 Å². The van der Waals surface area contributed by atoms with Crippen molar-refractivity contribution in [2.24, 2.45) is 5.73 Å². The number of sulfonamides is 1. The van der Waals surface area contributed by atoms with Crippen LogP contribution < -0.4 is 5.73 Å². The maximum atomic E-state index is 12.2. The summed E-state index contributed by atoms with van der Waals surface area (Å²) in [6.45, 7) is 6.24. The molecule has 15 heavy (non-hydrogen) atoms. The average molecular weight is 235 g/mol. The summed E-state index contributed by atoms with van der Waals surface area (Å²) in [6.07, 6.45) is 0. The Morgan fingerprint density at radius 2 is 1.67 bits per heavy atom. The number of rotatable bonds is 3. The van der Waals surface area contributed by atoms with E-state index in [0.717, 1.165) is 13.1 Å². The SMILES string of the molecule is CN1CCN(S(=O)(=O)C(C)(C)CN)CC1. The molecule has 0 amide bonds. The van der Waals surface area contributed by atoms with Gasteiger partial charge in [-0.3, -0.25) is 0 Å². The van der Waals surface area contributed by atoms with Crippen LogP contribution in [0.5, 0.6) is 0 Å². The van der Waals surface area contributed by atoms with Gasteiger partial charge in [-0.1, -0.05) is 0 Å². The number of likely N-dealkylation sites (N-methyl/N-ethyl adjacent to an activating group) is 1. The van der Waals surface area contributed by atoms with Gasteiger partial charge < -0.3 is 10.6 Å². The molecule has 5 nitrogen and oxygen atoms in total. The van der Waals surface area contributed by atoms with E-state index in [2.05, 4.69) is 4.90 Å². The number of hydrogen-bond donors (Lipinski definition) is 1. The molecule has 0 unspecified atom stereocenters. The third-order valence-corrected chi connectivity index (χ3v) is 5.60. The van der Waals surface area contributed by atoms with Crippen molar-refractivity contribution in [1.82, 2.24) is 9.21 Å². The topological polar surface area (TPSA) is 66.6 Å². The number of hydrogen-bond acceptors (Lipinski definition) is 4. The number of nitrogens with two attached hydrogens (primary N) is 1. The van der Waals surface area contributed by atoms with Gasteiger partial charge in [-0.15, -0.1) is 0 Å². The fourth-order valence-electron chi connectivity index (χ4n) is 1.48. The first-order valence-electron chi connectivity index (χ1n) is 5.19. The van der Waals surface area contributed by atoms with Crippen molar-refractivity contribution in [3.8, 4) is 0 Å². The van der Waals surface area contributed by atoms with Crippen molar-refractivity contribution >= 4 is 10.0 Å². The lowest BCUT2D eigenvalue weighted by molar-refractivity contribution is 0.219. The third kappa shape index (κ3) is 2.50. The van der Waals surface area contributed by atoms with Crippen molar-refractivity contribution in [3.05, 3.63) is 0 Å². The molecule has 1 aliphatic rings. The van der Waals surface area contributed by atoms with Crippen molar-refractivity contribution in [2.75, 3.05) is 39.8 Å². The molecule has 0 aromatic carbocycles. The van der Waals surface area contributed by atoms with Gasteiger partial charge in [0.2, 0.25) is 10.0 Å². The van der Waals surface area contributed by atoms with Gasteiger partial charge in [0, 0.05) is 32.7 Å². The molecule has 6 heteroatoms. The second kappa shape index (κ2) is 4.37. The monoisotopic (exact) mass is 235 g/mol. The Morgan fingerprint density at radius 1 is 1.20 bits per heavy atom. The molecule has 90 valence electrons. The summed E-state index contributed by atoms with van der Waals surface area (Å²) in [6, 6.07) is 0. The highest BCUT2D eigenvalue weighted by Crippen LogP contribution is 2.20. The zero-order valence-corrected chi connectivity index (χ0v) is 10.5. The highest BCUT2D eigenvalue weighted by Gasteiger charge is 2.38. The van der Waals surface area contributed by atoms with Crippen molar-refractivity contribution in [1.29, 1.82) is 0 Å². The highest BCUT2D eigenvalue weighted by molar-refractivity contribution is 7.90. The molecule has 1 fully saturated rings. The van der Waals surface area contributed by atoms with Crippen molar-refractivity contribution < 1.29 is 8.42 Å². The van der Waals surface area contributed by atoms with E-state index in [4.69, 9.17) is 5.73 Å². The van der Waals surface area contributed by atoms with E-state index in [0.29, 0.717) is 13.1 Å². The van der Waals surface area contributed by atoms with E-state index in [9.17, 15) is 8.42 Å². The van der Waals surface area contributed by atoms with Crippen LogP contribution in [0, 0.1) is 0 Å². The van der Waals surface area contributed by atoms with Gasteiger partial charge in [0.25, 0.3) is 0 Å². The summed E-state index contributed by atoms with van der Waals surface area (Å²) in [7, 11) is -1.26. The maximum Gasteiger partial charge on any atom is 0.220 e. The molecule has 0 bridgehead atoms. The van der Waals surface area contributed by atoms with Gasteiger partial charge in [-0.2, -0.15) is 4.31 Å². The molecule has 0 atom stereocenters. The lowest BCUT2D eigenvalue weighted by atomic mass is 10.2. The van der Waals surface area contributed by atoms with Crippen LogP contribution in [-0.4, -0.2) is 62.1 Å². The quantitative estimate of drug-likeness (QED) is 0.702. The molecule has 1 saturated heterocycles. The van der Waals surface area contributed by atoms with Gasteiger partial charge in [0.15, 0.2) is 0 Å². The Hall–Kier alpha value is -0.170. The third-order valence-electron chi connectivity index (χ3n) is 2.99. The summed E-state index contributed by atoms with van der Waals surface area (Å²) in [4.78, 5) is 2.13. The molecule has 1 rings (SSSR count). The van der Waals surface area contributed by atoms with Crippen LogP contribution in [0.2, 0.25) is 0 Å². The van der Waals surface area contributed by atoms with Gasteiger partial charge >= 0.3 is 0 Å². The molecular weight excluding hydrogens is 214 g/mol. The Morgan fingerprint density at radius 3 is 2.07 bits per heavy atom. The van der Waals surface area contributed by atoms with Crippen LogP contribution in [-0.2, 0) is 10.0 Å². The Bertz CT molecular complexity index is 305. The Kier molecular flexibility index (Phi) is 3.76. The predicted octanol–water partition coefficient (Wildman–Crippen LogP) is -0.699. The Labute approximate surface area is 92.3 Å². The second-order valence-corrected chi connectivity index (χ2v) is 7.24. The van der Waals surface area contributed by atoms with E-state index in [-0.39, 0.29) is 6.54 Å². The first kappa shape index (κ1) is 12.9. The van der Waals surface area contributed by atoms with Crippen LogP contribution in [0.1, 0.15) is 13.8 Å². The molecule has 0 spiro atoms. The molecular formula is C9H21N3O2S. The summed E-state index contributed by atoms with van der Waals surface area (Å²) >= 11 is 0. The van der Waals surface area contributed by atoms with Crippen LogP contribution >= 0.6 is 0 Å².